The number of halogens is 1. The SMILES string of the molecule is CCOC(=O)c1cccc(S(=O)(=O)Cl)c1S(=O)(=O)c1ccc(C)cc1. The predicted octanol–water partition coefficient (Wildman–Crippen LogP) is 2.93. The third-order valence-electron chi connectivity index (χ3n) is 3.34. The standard InChI is InChI=1S/C16H15ClO6S2/c1-3-23-16(18)13-5-4-6-14(25(17,21)22)15(13)24(19,20)12-9-7-11(2)8-10-12/h4-10H,3H2,1-2H3. The Morgan fingerprint density at radius 3 is 2.16 bits per heavy atom. The second-order valence-electron chi connectivity index (χ2n) is 5.11. The first kappa shape index (κ1) is 19.4. The molecule has 0 bridgehead atoms. The smallest absolute Gasteiger partial charge is 0.339 e. The van der Waals surface area contributed by atoms with Crippen molar-refractivity contribution < 1.29 is 26.4 Å². The third kappa shape index (κ3) is 4.02. The summed E-state index contributed by atoms with van der Waals surface area (Å²) < 4.78 is 54.6. The molecule has 0 aliphatic heterocycles. The van der Waals surface area contributed by atoms with E-state index in [1.54, 1.807) is 26.0 Å². The molecule has 0 unspecified atom stereocenters. The van der Waals surface area contributed by atoms with E-state index < -0.39 is 34.6 Å². The van der Waals surface area contributed by atoms with Gasteiger partial charge in [0.1, 0.15) is 9.79 Å². The summed E-state index contributed by atoms with van der Waals surface area (Å²) in [5, 5.41) is 0. The van der Waals surface area contributed by atoms with E-state index in [0.717, 1.165) is 11.6 Å². The number of carbonyl (C=O) groups excluding carboxylic acids is 1. The molecule has 134 valence electrons. The van der Waals surface area contributed by atoms with Crippen molar-refractivity contribution in [3.63, 3.8) is 0 Å². The average Bonchev–Trinajstić information content (AvgIpc) is 2.54. The summed E-state index contributed by atoms with van der Waals surface area (Å²) in [5.74, 6) is -0.949. The van der Waals surface area contributed by atoms with Crippen molar-refractivity contribution >= 4 is 35.5 Å². The molecule has 2 aromatic carbocycles. The summed E-state index contributed by atoms with van der Waals surface area (Å²) in [6.07, 6.45) is 0. The minimum Gasteiger partial charge on any atom is -0.462 e. The van der Waals surface area contributed by atoms with Crippen LogP contribution < -0.4 is 0 Å². The molecule has 9 heteroatoms. The maximum atomic E-state index is 13.0. The molecule has 0 spiro atoms. The number of hydrogen-bond donors (Lipinski definition) is 0. The van der Waals surface area contributed by atoms with Crippen molar-refractivity contribution in [3.8, 4) is 0 Å². The number of benzene rings is 2. The van der Waals surface area contributed by atoms with Crippen molar-refractivity contribution in [3.05, 3.63) is 53.6 Å². The topological polar surface area (TPSA) is 94.6 Å². The first-order valence-electron chi connectivity index (χ1n) is 7.15. The zero-order valence-corrected chi connectivity index (χ0v) is 15.8. The van der Waals surface area contributed by atoms with Gasteiger partial charge in [0.15, 0.2) is 0 Å². The fourth-order valence-electron chi connectivity index (χ4n) is 2.19. The Morgan fingerprint density at radius 2 is 1.64 bits per heavy atom. The van der Waals surface area contributed by atoms with Crippen LogP contribution in [0.15, 0.2) is 57.2 Å². The van der Waals surface area contributed by atoms with Gasteiger partial charge in [-0.05, 0) is 38.1 Å². The van der Waals surface area contributed by atoms with E-state index in [2.05, 4.69) is 0 Å². The van der Waals surface area contributed by atoms with Crippen molar-refractivity contribution in [1.82, 2.24) is 0 Å². The number of aryl methyl sites for hydroxylation is 1. The molecule has 0 aliphatic carbocycles. The Kier molecular flexibility index (Phi) is 5.55. The van der Waals surface area contributed by atoms with E-state index in [4.69, 9.17) is 15.4 Å². The van der Waals surface area contributed by atoms with Gasteiger partial charge < -0.3 is 4.74 Å². The van der Waals surface area contributed by atoms with Crippen LogP contribution in [-0.4, -0.2) is 29.4 Å². The number of carbonyl (C=O) groups is 1. The highest BCUT2D eigenvalue weighted by Gasteiger charge is 2.32. The van der Waals surface area contributed by atoms with Crippen LogP contribution in [0.3, 0.4) is 0 Å². The van der Waals surface area contributed by atoms with E-state index in [9.17, 15) is 21.6 Å². The summed E-state index contributed by atoms with van der Waals surface area (Å²) >= 11 is 0. The zero-order chi connectivity index (χ0) is 18.8. The van der Waals surface area contributed by atoms with E-state index in [-0.39, 0.29) is 17.1 Å². The molecule has 2 rings (SSSR count). The Morgan fingerprint density at radius 1 is 1.04 bits per heavy atom. The van der Waals surface area contributed by atoms with Gasteiger partial charge >= 0.3 is 5.97 Å². The van der Waals surface area contributed by atoms with Crippen LogP contribution in [-0.2, 0) is 23.6 Å². The normalized spacial score (nSPS) is 12.0. The van der Waals surface area contributed by atoms with Gasteiger partial charge in [0.2, 0.25) is 9.84 Å². The first-order chi connectivity index (χ1) is 11.6. The Hall–Kier alpha value is -1.90. The van der Waals surface area contributed by atoms with Crippen LogP contribution >= 0.6 is 10.7 Å². The maximum absolute atomic E-state index is 13.0. The lowest BCUT2D eigenvalue weighted by Gasteiger charge is -2.13. The van der Waals surface area contributed by atoms with Crippen molar-refractivity contribution in [2.24, 2.45) is 0 Å². The molecule has 0 saturated heterocycles. The number of sulfone groups is 1. The lowest BCUT2D eigenvalue weighted by Crippen LogP contribution is -2.15. The average molecular weight is 403 g/mol. The highest BCUT2D eigenvalue weighted by Crippen LogP contribution is 2.32. The molecular weight excluding hydrogens is 388 g/mol. The maximum Gasteiger partial charge on any atom is 0.339 e. The van der Waals surface area contributed by atoms with Crippen LogP contribution in [0.1, 0.15) is 22.8 Å². The molecule has 25 heavy (non-hydrogen) atoms. The largest absolute Gasteiger partial charge is 0.462 e. The minimum atomic E-state index is -4.42. The molecule has 0 heterocycles. The highest BCUT2D eigenvalue weighted by atomic mass is 35.7. The Bertz CT molecular complexity index is 1010. The lowest BCUT2D eigenvalue weighted by atomic mass is 10.2. The van der Waals surface area contributed by atoms with Crippen LogP contribution in [0.4, 0.5) is 0 Å². The van der Waals surface area contributed by atoms with Gasteiger partial charge in [0.05, 0.1) is 17.1 Å². The second-order valence-corrected chi connectivity index (χ2v) is 9.53. The Balaban J connectivity index is 2.85. The third-order valence-corrected chi connectivity index (χ3v) is 6.70. The highest BCUT2D eigenvalue weighted by molar-refractivity contribution is 8.14. The molecule has 0 aliphatic rings. The Labute approximate surface area is 150 Å². The summed E-state index contributed by atoms with van der Waals surface area (Å²) in [7, 11) is -3.35. The molecule has 0 saturated carbocycles. The molecule has 0 N–H and O–H groups in total. The summed E-state index contributed by atoms with van der Waals surface area (Å²) in [6.45, 7) is 3.33. The zero-order valence-electron chi connectivity index (χ0n) is 13.4. The van der Waals surface area contributed by atoms with E-state index in [1.807, 2.05) is 0 Å². The number of ether oxygens (including phenoxy) is 1. The molecule has 2 aromatic rings. The van der Waals surface area contributed by atoms with Crippen LogP contribution in [0, 0.1) is 6.92 Å². The van der Waals surface area contributed by atoms with Gasteiger partial charge in [-0.15, -0.1) is 0 Å². The van der Waals surface area contributed by atoms with E-state index in [0.29, 0.717) is 0 Å². The fraction of sp³-hybridized carbons (Fsp3) is 0.188. The van der Waals surface area contributed by atoms with Gasteiger partial charge in [0.25, 0.3) is 9.05 Å². The second kappa shape index (κ2) is 7.15. The minimum absolute atomic E-state index is 0.000700. The number of rotatable bonds is 5. The van der Waals surface area contributed by atoms with Gasteiger partial charge in [-0.3, -0.25) is 0 Å². The number of esters is 1. The molecule has 0 radical (unpaired) electrons. The quantitative estimate of drug-likeness (QED) is 0.563. The van der Waals surface area contributed by atoms with Gasteiger partial charge in [0, 0.05) is 10.7 Å². The molecule has 0 atom stereocenters. The molecule has 0 amide bonds. The van der Waals surface area contributed by atoms with Crippen LogP contribution in [0.2, 0.25) is 0 Å². The molecule has 0 aromatic heterocycles. The van der Waals surface area contributed by atoms with Crippen LogP contribution in [0.5, 0.6) is 0 Å². The fourth-order valence-corrected chi connectivity index (χ4v) is 5.45. The van der Waals surface area contributed by atoms with Crippen molar-refractivity contribution in [2.45, 2.75) is 28.5 Å². The monoisotopic (exact) mass is 402 g/mol. The predicted molar refractivity (Wildman–Crippen MR) is 92.1 cm³/mol. The van der Waals surface area contributed by atoms with Crippen molar-refractivity contribution in [1.29, 1.82) is 0 Å². The van der Waals surface area contributed by atoms with E-state index >= 15 is 0 Å². The van der Waals surface area contributed by atoms with E-state index in [1.165, 1.54) is 24.3 Å². The molecule has 0 fully saturated rings. The molecular formula is C16H15ClO6S2. The summed E-state index contributed by atoms with van der Waals surface area (Å²) in [4.78, 5) is 10.6. The summed E-state index contributed by atoms with van der Waals surface area (Å²) in [6, 6.07) is 9.24. The lowest BCUT2D eigenvalue weighted by molar-refractivity contribution is 0.0521. The molecule has 6 nitrogen and oxygen atoms in total. The van der Waals surface area contributed by atoms with Crippen molar-refractivity contribution in [2.75, 3.05) is 6.61 Å². The van der Waals surface area contributed by atoms with Crippen LogP contribution in [0.25, 0.3) is 0 Å². The van der Waals surface area contributed by atoms with Gasteiger partial charge in [-0.25, -0.2) is 21.6 Å². The summed E-state index contributed by atoms with van der Waals surface area (Å²) in [5.41, 5.74) is 0.437. The van der Waals surface area contributed by atoms with Gasteiger partial charge in [-0.2, -0.15) is 0 Å². The van der Waals surface area contributed by atoms with Gasteiger partial charge in [-0.1, -0.05) is 23.8 Å². The first-order valence-corrected chi connectivity index (χ1v) is 10.9. The number of hydrogen-bond acceptors (Lipinski definition) is 6.